The van der Waals surface area contributed by atoms with Crippen LogP contribution < -0.4 is 10.6 Å². The number of benzene rings is 1. The highest BCUT2D eigenvalue weighted by atomic mass is 32.1. The summed E-state index contributed by atoms with van der Waals surface area (Å²) >= 11 is 5.19. The summed E-state index contributed by atoms with van der Waals surface area (Å²) in [4.78, 5) is 8.42. The van der Waals surface area contributed by atoms with Crippen LogP contribution in [-0.2, 0) is 6.54 Å². The van der Waals surface area contributed by atoms with E-state index in [2.05, 4.69) is 20.6 Å². The van der Waals surface area contributed by atoms with Gasteiger partial charge in [0.1, 0.15) is 0 Å². The molecule has 0 unspecified atom stereocenters. The largest absolute Gasteiger partial charge is 0.357 e. The molecule has 0 saturated heterocycles. The van der Waals surface area contributed by atoms with Gasteiger partial charge in [-0.15, -0.1) is 0 Å². The van der Waals surface area contributed by atoms with Gasteiger partial charge in [0.05, 0.1) is 24.1 Å². The van der Waals surface area contributed by atoms with Crippen LogP contribution in [0.5, 0.6) is 0 Å². The van der Waals surface area contributed by atoms with Gasteiger partial charge in [-0.25, -0.2) is 0 Å². The molecule has 0 amide bonds. The van der Waals surface area contributed by atoms with E-state index in [4.69, 9.17) is 12.2 Å². The van der Waals surface area contributed by atoms with Gasteiger partial charge >= 0.3 is 0 Å². The van der Waals surface area contributed by atoms with E-state index in [0.29, 0.717) is 11.7 Å². The molecule has 0 spiro atoms. The van der Waals surface area contributed by atoms with Crippen LogP contribution in [0.3, 0.4) is 0 Å². The Morgan fingerprint density at radius 3 is 2.61 bits per heavy atom. The third-order valence-corrected chi connectivity index (χ3v) is 2.54. The third-order valence-electron chi connectivity index (χ3n) is 2.30. The quantitative estimate of drug-likeness (QED) is 0.827. The van der Waals surface area contributed by atoms with E-state index in [1.165, 1.54) is 0 Å². The molecule has 18 heavy (non-hydrogen) atoms. The number of hydrogen-bond donors (Lipinski definition) is 2. The summed E-state index contributed by atoms with van der Waals surface area (Å²) in [5.74, 6) is 0. The maximum atomic E-state index is 5.19. The molecule has 1 heterocycles. The SMILES string of the molecule is Cc1cnc(CNC(=S)Nc2ccccc2)cn1. The van der Waals surface area contributed by atoms with Crippen LogP contribution in [0.25, 0.3) is 0 Å². The fourth-order valence-electron chi connectivity index (χ4n) is 1.38. The monoisotopic (exact) mass is 258 g/mol. The molecule has 0 saturated carbocycles. The third kappa shape index (κ3) is 3.78. The molecule has 92 valence electrons. The minimum absolute atomic E-state index is 0.561. The summed E-state index contributed by atoms with van der Waals surface area (Å²) in [5, 5.41) is 6.75. The second-order valence-electron chi connectivity index (χ2n) is 3.82. The van der Waals surface area contributed by atoms with Gasteiger partial charge in [-0.05, 0) is 31.3 Å². The van der Waals surface area contributed by atoms with Crippen LogP contribution in [0.1, 0.15) is 11.4 Å². The lowest BCUT2D eigenvalue weighted by molar-refractivity contribution is 0.862. The second kappa shape index (κ2) is 6.07. The molecule has 5 heteroatoms. The van der Waals surface area contributed by atoms with Gasteiger partial charge in [0.2, 0.25) is 0 Å². The zero-order valence-electron chi connectivity index (χ0n) is 10.1. The van der Waals surface area contributed by atoms with Crippen LogP contribution >= 0.6 is 12.2 Å². The Morgan fingerprint density at radius 1 is 1.17 bits per heavy atom. The van der Waals surface area contributed by atoms with Crippen molar-refractivity contribution in [2.45, 2.75) is 13.5 Å². The van der Waals surface area contributed by atoms with Crippen molar-refractivity contribution in [3.05, 3.63) is 54.1 Å². The first-order chi connectivity index (χ1) is 8.74. The highest BCUT2D eigenvalue weighted by molar-refractivity contribution is 7.80. The Balaban J connectivity index is 1.83. The summed E-state index contributed by atoms with van der Waals surface area (Å²) in [6.07, 6.45) is 3.48. The Bertz CT molecular complexity index is 510. The Hall–Kier alpha value is -2.01. The van der Waals surface area contributed by atoms with E-state index in [0.717, 1.165) is 17.1 Å². The summed E-state index contributed by atoms with van der Waals surface area (Å²) in [5.41, 5.74) is 2.73. The molecule has 0 bridgehead atoms. The van der Waals surface area contributed by atoms with Gasteiger partial charge in [0.25, 0.3) is 0 Å². The zero-order chi connectivity index (χ0) is 12.8. The number of thiocarbonyl (C=S) groups is 1. The second-order valence-corrected chi connectivity index (χ2v) is 4.23. The maximum absolute atomic E-state index is 5.19. The average Bonchev–Trinajstić information content (AvgIpc) is 2.39. The molecule has 1 aromatic heterocycles. The van der Waals surface area contributed by atoms with E-state index in [-0.39, 0.29) is 0 Å². The van der Waals surface area contributed by atoms with Crippen LogP contribution in [0.15, 0.2) is 42.7 Å². The average molecular weight is 258 g/mol. The molecule has 1 aromatic carbocycles. The number of rotatable bonds is 3. The minimum atomic E-state index is 0.561. The summed E-state index contributed by atoms with van der Waals surface area (Å²) in [7, 11) is 0. The number of aryl methyl sites for hydroxylation is 1. The predicted octanol–water partition coefficient (Wildman–Crippen LogP) is 2.27. The minimum Gasteiger partial charge on any atom is -0.357 e. The molecule has 0 aliphatic rings. The first kappa shape index (κ1) is 12.4. The molecule has 0 aliphatic heterocycles. The molecule has 2 N–H and O–H groups in total. The van der Waals surface area contributed by atoms with Crippen molar-refractivity contribution in [2.75, 3.05) is 5.32 Å². The smallest absolute Gasteiger partial charge is 0.171 e. The van der Waals surface area contributed by atoms with Crippen molar-refractivity contribution >= 4 is 23.0 Å². The molecular formula is C13H14N4S. The highest BCUT2D eigenvalue weighted by Crippen LogP contribution is 2.04. The number of nitrogens with zero attached hydrogens (tertiary/aromatic N) is 2. The van der Waals surface area contributed by atoms with Crippen LogP contribution in [-0.4, -0.2) is 15.1 Å². The molecule has 0 radical (unpaired) electrons. The van der Waals surface area contributed by atoms with E-state index < -0.39 is 0 Å². The fraction of sp³-hybridized carbons (Fsp3) is 0.154. The molecule has 0 fully saturated rings. The first-order valence-electron chi connectivity index (χ1n) is 5.61. The predicted molar refractivity (Wildman–Crippen MR) is 76.3 cm³/mol. The van der Waals surface area contributed by atoms with Crippen molar-refractivity contribution in [1.82, 2.24) is 15.3 Å². The van der Waals surface area contributed by atoms with Crippen molar-refractivity contribution < 1.29 is 0 Å². The lowest BCUT2D eigenvalue weighted by Gasteiger charge is -2.09. The van der Waals surface area contributed by atoms with Gasteiger partial charge in [0.15, 0.2) is 5.11 Å². The van der Waals surface area contributed by atoms with Crippen LogP contribution in [0.4, 0.5) is 5.69 Å². The Kier molecular flexibility index (Phi) is 4.20. The lowest BCUT2D eigenvalue weighted by Crippen LogP contribution is -2.28. The van der Waals surface area contributed by atoms with E-state index in [1.807, 2.05) is 37.3 Å². The molecule has 2 rings (SSSR count). The number of aromatic nitrogens is 2. The molecule has 0 aliphatic carbocycles. The number of nitrogens with one attached hydrogen (secondary N) is 2. The standard InChI is InChI=1S/C13H14N4S/c1-10-7-15-12(8-14-10)9-16-13(18)17-11-5-3-2-4-6-11/h2-8H,9H2,1H3,(H2,16,17,18). The van der Waals surface area contributed by atoms with Crippen molar-refractivity contribution in [2.24, 2.45) is 0 Å². The van der Waals surface area contributed by atoms with Crippen LogP contribution in [0.2, 0.25) is 0 Å². The van der Waals surface area contributed by atoms with Gasteiger partial charge in [0, 0.05) is 11.9 Å². The van der Waals surface area contributed by atoms with Crippen molar-refractivity contribution in [3.63, 3.8) is 0 Å². The molecule has 2 aromatic rings. The maximum Gasteiger partial charge on any atom is 0.171 e. The Morgan fingerprint density at radius 2 is 1.94 bits per heavy atom. The number of para-hydroxylation sites is 1. The number of hydrogen-bond acceptors (Lipinski definition) is 3. The summed E-state index contributed by atoms with van der Waals surface area (Å²) in [6.45, 7) is 2.47. The Labute approximate surface area is 111 Å². The summed E-state index contributed by atoms with van der Waals surface area (Å²) < 4.78 is 0. The van der Waals surface area contributed by atoms with Gasteiger partial charge in [-0.1, -0.05) is 18.2 Å². The normalized spacial score (nSPS) is 9.83. The molecular weight excluding hydrogens is 244 g/mol. The van der Waals surface area contributed by atoms with E-state index in [9.17, 15) is 0 Å². The van der Waals surface area contributed by atoms with Gasteiger partial charge in [-0.2, -0.15) is 0 Å². The summed E-state index contributed by atoms with van der Waals surface area (Å²) in [6, 6.07) is 9.79. The fourth-order valence-corrected chi connectivity index (χ4v) is 1.57. The van der Waals surface area contributed by atoms with Gasteiger partial charge in [-0.3, -0.25) is 9.97 Å². The highest BCUT2D eigenvalue weighted by Gasteiger charge is 1.98. The van der Waals surface area contributed by atoms with Crippen molar-refractivity contribution in [1.29, 1.82) is 0 Å². The van der Waals surface area contributed by atoms with E-state index >= 15 is 0 Å². The van der Waals surface area contributed by atoms with E-state index in [1.54, 1.807) is 12.4 Å². The molecule has 4 nitrogen and oxygen atoms in total. The lowest BCUT2D eigenvalue weighted by atomic mass is 10.3. The van der Waals surface area contributed by atoms with Crippen molar-refractivity contribution in [3.8, 4) is 0 Å². The van der Waals surface area contributed by atoms with Gasteiger partial charge < -0.3 is 10.6 Å². The molecule has 0 atom stereocenters. The first-order valence-corrected chi connectivity index (χ1v) is 6.02. The number of anilines is 1. The topological polar surface area (TPSA) is 49.8 Å². The van der Waals surface area contributed by atoms with Crippen LogP contribution in [0, 0.1) is 6.92 Å². The zero-order valence-corrected chi connectivity index (χ0v) is 10.9.